The highest BCUT2D eigenvalue weighted by Gasteiger charge is 2.35. The van der Waals surface area contributed by atoms with E-state index in [-0.39, 0.29) is 24.3 Å². The predicted molar refractivity (Wildman–Crippen MR) is 82.4 cm³/mol. The zero-order valence-electron chi connectivity index (χ0n) is 13.3. The summed E-state index contributed by atoms with van der Waals surface area (Å²) in [7, 11) is 0. The van der Waals surface area contributed by atoms with Crippen LogP contribution in [0.5, 0.6) is 5.75 Å². The molecule has 1 unspecified atom stereocenters. The minimum Gasteiger partial charge on any atom is -0.481 e. The van der Waals surface area contributed by atoms with Gasteiger partial charge in [-0.1, -0.05) is 12.1 Å². The Balaban J connectivity index is 2.10. The van der Waals surface area contributed by atoms with E-state index in [9.17, 15) is 23.2 Å². The van der Waals surface area contributed by atoms with Crippen LogP contribution in [0, 0.1) is 0 Å². The number of carboxylic acid groups (broad SMARTS) is 1. The van der Waals surface area contributed by atoms with Crippen molar-refractivity contribution in [2.24, 2.45) is 0 Å². The van der Waals surface area contributed by atoms with Crippen LogP contribution in [0.25, 0.3) is 0 Å². The van der Waals surface area contributed by atoms with E-state index in [1.807, 2.05) is 0 Å². The molecule has 0 aromatic heterocycles. The number of alkyl halides is 2. The first-order valence-electron chi connectivity index (χ1n) is 7.74. The van der Waals surface area contributed by atoms with Gasteiger partial charge in [0, 0.05) is 13.1 Å². The number of carboxylic acids is 1. The number of likely N-dealkylation sites (tertiary alicyclic amines) is 1. The molecule has 2 rings (SSSR count). The molecule has 0 bridgehead atoms. The lowest BCUT2D eigenvalue weighted by atomic mass is 10.1. The van der Waals surface area contributed by atoms with Gasteiger partial charge in [-0.2, -0.15) is 8.78 Å². The van der Waals surface area contributed by atoms with Crippen LogP contribution in [0.2, 0.25) is 0 Å². The molecule has 1 atom stereocenters. The van der Waals surface area contributed by atoms with Crippen LogP contribution in [-0.4, -0.2) is 53.5 Å². The average Bonchev–Trinajstić information content (AvgIpc) is 3.03. The zero-order valence-corrected chi connectivity index (χ0v) is 13.3. The van der Waals surface area contributed by atoms with Crippen molar-refractivity contribution in [1.82, 2.24) is 10.2 Å². The standard InChI is InChI=1S/C16H18F2N2O5/c17-16(18)25-12-6-2-1-4-10(12)15(24)20-9-3-5-11(20)14(23)19-8-7-13(21)22/h1-2,4,6,11,16H,3,5,7-9H2,(H,19,23)(H,21,22). The van der Waals surface area contributed by atoms with Crippen molar-refractivity contribution in [3.05, 3.63) is 29.8 Å². The molecule has 2 N–H and O–H groups in total. The summed E-state index contributed by atoms with van der Waals surface area (Å²) in [4.78, 5) is 36.6. The molecule has 1 aromatic carbocycles. The fourth-order valence-corrected chi connectivity index (χ4v) is 2.69. The Kier molecular flexibility index (Phi) is 6.26. The molecular weight excluding hydrogens is 338 g/mol. The molecule has 0 saturated carbocycles. The monoisotopic (exact) mass is 356 g/mol. The highest BCUT2D eigenvalue weighted by molar-refractivity contribution is 6.00. The topological polar surface area (TPSA) is 95.9 Å². The molecule has 25 heavy (non-hydrogen) atoms. The Labute approximate surface area is 142 Å². The molecule has 136 valence electrons. The lowest BCUT2D eigenvalue weighted by Crippen LogP contribution is -2.46. The first-order valence-corrected chi connectivity index (χ1v) is 7.74. The number of nitrogens with zero attached hydrogens (tertiary/aromatic N) is 1. The summed E-state index contributed by atoms with van der Waals surface area (Å²) in [6.45, 7) is -2.81. The van der Waals surface area contributed by atoms with E-state index < -0.39 is 30.4 Å². The van der Waals surface area contributed by atoms with Crippen LogP contribution in [0.15, 0.2) is 24.3 Å². The van der Waals surface area contributed by atoms with E-state index in [2.05, 4.69) is 10.1 Å². The largest absolute Gasteiger partial charge is 0.481 e. The molecule has 9 heteroatoms. The SMILES string of the molecule is O=C(O)CCNC(=O)C1CCCN1C(=O)c1ccccc1OC(F)F. The van der Waals surface area contributed by atoms with Crippen molar-refractivity contribution in [3.63, 3.8) is 0 Å². The third-order valence-corrected chi connectivity index (χ3v) is 3.79. The summed E-state index contributed by atoms with van der Waals surface area (Å²) in [6.07, 6.45) is 0.778. The van der Waals surface area contributed by atoms with E-state index in [0.29, 0.717) is 19.4 Å². The maximum atomic E-state index is 12.7. The van der Waals surface area contributed by atoms with Gasteiger partial charge in [0.1, 0.15) is 11.8 Å². The van der Waals surface area contributed by atoms with Crippen LogP contribution < -0.4 is 10.1 Å². The molecule has 1 aromatic rings. The third-order valence-electron chi connectivity index (χ3n) is 3.79. The van der Waals surface area contributed by atoms with Gasteiger partial charge < -0.3 is 20.1 Å². The smallest absolute Gasteiger partial charge is 0.387 e. The van der Waals surface area contributed by atoms with Crippen molar-refractivity contribution < 1.29 is 33.0 Å². The minimum atomic E-state index is -3.07. The summed E-state index contributed by atoms with van der Waals surface area (Å²) < 4.78 is 29.3. The molecule has 1 saturated heterocycles. The number of nitrogens with one attached hydrogen (secondary N) is 1. The highest BCUT2D eigenvalue weighted by atomic mass is 19.3. The zero-order chi connectivity index (χ0) is 18.4. The molecule has 7 nitrogen and oxygen atoms in total. The predicted octanol–water partition coefficient (Wildman–Crippen LogP) is 1.48. The van der Waals surface area contributed by atoms with Crippen LogP contribution >= 0.6 is 0 Å². The molecule has 0 spiro atoms. The number of benzene rings is 1. The fourth-order valence-electron chi connectivity index (χ4n) is 2.69. The highest BCUT2D eigenvalue weighted by Crippen LogP contribution is 2.26. The van der Waals surface area contributed by atoms with Gasteiger partial charge >= 0.3 is 12.6 Å². The van der Waals surface area contributed by atoms with Gasteiger partial charge in [-0.15, -0.1) is 0 Å². The van der Waals surface area contributed by atoms with Crippen LogP contribution in [-0.2, 0) is 9.59 Å². The van der Waals surface area contributed by atoms with E-state index >= 15 is 0 Å². The first kappa shape index (κ1) is 18.6. The van der Waals surface area contributed by atoms with Crippen LogP contribution in [0.1, 0.15) is 29.6 Å². The van der Waals surface area contributed by atoms with Crippen molar-refractivity contribution in [1.29, 1.82) is 0 Å². The Morgan fingerprint density at radius 2 is 2.04 bits per heavy atom. The number of hydrogen-bond donors (Lipinski definition) is 2. The maximum absolute atomic E-state index is 12.7. The Morgan fingerprint density at radius 3 is 2.72 bits per heavy atom. The number of carbonyl (C=O) groups is 3. The minimum absolute atomic E-state index is 0.0439. The Morgan fingerprint density at radius 1 is 1.32 bits per heavy atom. The van der Waals surface area contributed by atoms with Crippen molar-refractivity contribution in [3.8, 4) is 5.75 Å². The summed E-state index contributed by atoms with van der Waals surface area (Å²) in [5.41, 5.74) is -0.0481. The van der Waals surface area contributed by atoms with Crippen molar-refractivity contribution in [2.75, 3.05) is 13.1 Å². The molecule has 2 amide bonds. The van der Waals surface area contributed by atoms with E-state index in [4.69, 9.17) is 5.11 Å². The first-order chi connectivity index (χ1) is 11.9. The lowest BCUT2D eigenvalue weighted by molar-refractivity contribution is -0.137. The van der Waals surface area contributed by atoms with Gasteiger partial charge in [0.25, 0.3) is 5.91 Å². The van der Waals surface area contributed by atoms with Gasteiger partial charge in [-0.05, 0) is 25.0 Å². The number of para-hydroxylation sites is 1. The number of amides is 2. The van der Waals surface area contributed by atoms with Gasteiger partial charge in [0.05, 0.1) is 12.0 Å². The number of ether oxygens (including phenoxy) is 1. The molecule has 1 heterocycles. The van der Waals surface area contributed by atoms with Crippen LogP contribution in [0.3, 0.4) is 0 Å². The summed E-state index contributed by atoms with van der Waals surface area (Å²) >= 11 is 0. The van der Waals surface area contributed by atoms with Gasteiger partial charge in [-0.3, -0.25) is 14.4 Å². The molecule has 1 aliphatic rings. The van der Waals surface area contributed by atoms with Gasteiger partial charge in [0.2, 0.25) is 5.91 Å². The number of hydrogen-bond acceptors (Lipinski definition) is 4. The van der Waals surface area contributed by atoms with E-state index in [0.717, 1.165) is 0 Å². The maximum Gasteiger partial charge on any atom is 0.387 e. The summed E-state index contributed by atoms with van der Waals surface area (Å²) in [6, 6.07) is 4.84. The quantitative estimate of drug-likeness (QED) is 0.772. The van der Waals surface area contributed by atoms with Gasteiger partial charge in [-0.25, -0.2) is 0 Å². The molecule has 0 radical (unpaired) electrons. The summed E-state index contributed by atoms with van der Waals surface area (Å²) in [5.74, 6) is -2.33. The molecule has 1 aliphatic heterocycles. The number of rotatable bonds is 7. The van der Waals surface area contributed by atoms with E-state index in [1.54, 1.807) is 0 Å². The number of halogens is 2. The molecular formula is C16H18F2N2O5. The van der Waals surface area contributed by atoms with Crippen molar-refractivity contribution >= 4 is 17.8 Å². The van der Waals surface area contributed by atoms with Crippen LogP contribution in [0.4, 0.5) is 8.78 Å². The average molecular weight is 356 g/mol. The second-order valence-corrected chi connectivity index (χ2v) is 5.47. The Bertz CT molecular complexity index is 653. The third kappa shape index (κ3) is 4.88. The van der Waals surface area contributed by atoms with Gasteiger partial charge in [0.15, 0.2) is 0 Å². The molecule has 0 aliphatic carbocycles. The summed E-state index contributed by atoms with van der Waals surface area (Å²) in [5, 5.41) is 11.1. The Hall–Kier alpha value is -2.71. The second-order valence-electron chi connectivity index (χ2n) is 5.47. The lowest BCUT2D eigenvalue weighted by Gasteiger charge is -2.24. The number of carbonyl (C=O) groups excluding carboxylic acids is 2. The molecule has 1 fully saturated rings. The number of aliphatic carboxylic acids is 1. The second kappa shape index (κ2) is 8.41. The van der Waals surface area contributed by atoms with Crippen molar-refractivity contribution in [2.45, 2.75) is 31.9 Å². The van der Waals surface area contributed by atoms with E-state index in [1.165, 1.54) is 29.2 Å². The fraction of sp³-hybridized carbons (Fsp3) is 0.438. The normalized spacial score (nSPS) is 16.8.